The van der Waals surface area contributed by atoms with Crippen LogP contribution in [0.15, 0.2) is 28.4 Å². The van der Waals surface area contributed by atoms with E-state index < -0.39 is 29.0 Å². The molecule has 0 atom stereocenters. The molecule has 1 aromatic carbocycles. The van der Waals surface area contributed by atoms with E-state index in [0.29, 0.717) is 11.8 Å². The third-order valence-electron chi connectivity index (χ3n) is 2.56. The highest BCUT2D eigenvalue weighted by molar-refractivity contribution is 7.07. The Labute approximate surface area is 120 Å². The number of hydrogen-bond donors (Lipinski definition) is 3. The number of thiazole rings is 1. The Bertz CT molecular complexity index is 721. The fraction of sp³-hybridized carbons (Fsp3) is 0.167. The molecule has 5 nitrogen and oxygen atoms in total. The lowest BCUT2D eigenvalue weighted by atomic mass is 10.1. The monoisotopic (exact) mass is 318 g/mol. The Balaban J connectivity index is 2.22. The highest BCUT2D eigenvalue weighted by Crippen LogP contribution is 2.33. The number of benzene rings is 1. The van der Waals surface area contributed by atoms with E-state index in [1.54, 1.807) is 0 Å². The molecule has 0 aliphatic carbocycles. The van der Waals surface area contributed by atoms with Crippen LogP contribution in [0.4, 0.5) is 13.2 Å². The van der Waals surface area contributed by atoms with Crippen molar-refractivity contribution in [2.24, 2.45) is 0 Å². The molecule has 0 saturated carbocycles. The van der Waals surface area contributed by atoms with Crippen LogP contribution >= 0.6 is 11.3 Å². The van der Waals surface area contributed by atoms with Crippen LogP contribution < -0.4 is 10.2 Å². The molecule has 0 bridgehead atoms. The zero-order valence-corrected chi connectivity index (χ0v) is 11.1. The summed E-state index contributed by atoms with van der Waals surface area (Å²) in [6, 6.07) is 2.24. The molecule has 21 heavy (non-hydrogen) atoms. The number of nitrogens with one attached hydrogen (secondary N) is 2. The molecule has 1 amide bonds. The number of aromatic nitrogens is 1. The number of amides is 1. The van der Waals surface area contributed by atoms with Crippen molar-refractivity contribution >= 4 is 17.2 Å². The van der Waals surface area contributed by atoms with Gasteiger partial charge in [-0.15, -0.1) is 0 Å². The second-order valence-electron chi connectivity index (χ2n) is 4.08. The predicted molar refractivity (Wildman–Crippen MR) is 69.2 cm³/mol. The summed E-state index contributed by atoms with van der Waals surface area (Å²) in [7, 11) is 0. The lowest BCUT2D eigenvalue weighted by Gasteiger charge is -2.12. The van der Waals surface area contributed by atoms with E-state index in [-0.39, 0.29) is 11.4 Å². The van der Waals surface area contributed by atoms with E-state index in [4.69, 9.17) is 0 Å². The van der Waals surface area contributed by atoms with Crippen LogP contribution in [-0.2, 0) is 12.7 Å². The normalized spacial score (nSPS) is 11.4. The van der Waals surface area contributed by atoms with Crippen LogP contribution in [0.5, 0.6) is 5.75 Å². The molecule has 0 saturated heterocycles. The molecular formula is C12H9F3N2O3S. The highest BCUT2D eigenvalue weighted by Gasteiger charge is 2.35. The standard InChI is InChI=1S/C12H9F3N2O3S/c13-12(14,15)9-2-1-7(18)3-8(9)10(19)16-4-6-5-21-11(20)17-6/h1-3,5,18H,4H2,(H,16,19)(H,17,20). The summed E-state index contributed by atoms with van der Waals surface area (Å²) in [5, 5.41) is 13.0. The molecule has 112 valence electrons. The van der Waals surface area contributed by atoms with Gasteiger partial charge in [-0.05, 0) is 18.2 Å². The first-order valence-electron chi connectivity index (χ1n) is 5.62. The van der Waals surface area contributed by atoms with Crippen LogP contribution in [0.3, 0.4) is 0 Å². The van der Waals surface area contributed by atoms with Gasteiger partial charge in [-0.3, -0.25) is 9.59 Å². The quantitative estimate of drug-likeness (QED) is 0.810. The summed E-state index contributed by atoms with van der Waals surface area (Å²) >= 11 is 0.879. The zero-order valence-electron chi connectivity index (χ0n) is 10.3. The fourth-order valence-corrected chi connectivity index (χ4v) is 2.22. The van der Waals surface area contributed by atoms with Crippen LogP contribution in [0.25, 0.3) is 0 Å². The highest BCUT2D eigenvalue weighted by atomic mass is 32.1. The lowest BCUT2D eigenvalue weighted by Crippen LogP contribution is -2.26. The van der Waals surface area contributed by atoms with Gasteiger partial charge in [0.2, 0.25) is 0 Å². The number of phenolic OH excluding ortho intramolecular Hbond substituents is 1. The molecule has 0 fully saturated rings. The number of phenols is 1. The Morgan fingerprint density at radius 1 is 1.38 bits per heavy atom. The topological polar surface area (TPSA) is 82.2 Å². The molecule has 0 spiro atoms. The predicted octanol–water partition coefficient (Wildman–Crippen LogP) is 2.09. The van der Waals surface area contributed by atoms with Crippen molar-refractivity contribution in [1.29, 1.82) is 0 Å². The largest absolute Gasteiger partial charge is 0.508 e. The lowest BCUT2D eigenvalue weighted by molar-refractivity contribution is -0.137. The van der Waals surface area contributed by atoms with Crippen LogP contribution in [0.2, 0.25) is 0 Å². The summed E-state index contributed by atoms with van der Waals surface area (Å²) < 4.78 is 38.4. The fourth-order valence-electron chi connectivity index (χ4n) is 1.64. The molecule has 2 aromatic rings. The van der Waals surface area contributed by atoms with Gasteiger partial charge in [-0.1, -0.05) is 11.3 Å². The van der Waals surface area contributed by atoms with E-state index in [2.05, 4.69) is 10.3 Å². The molecule has 0 aliphatic heterocycles. The number of carbonyl (C=O) groups excluding carboxylic acids is 1. The first-order chi connectivity index (χ1) is 9.77. The van der Waals surface area contributed by atoms with Gasteiger partial charge in [0.05, 0.1) is 17.7 Å². The van der Waals surface area contributed by atoms with Gasteiger partial charge in [-0.25, -0.2) is 0 Å². The molecule has 2 rings (SSSR count). The van der Waals surface area contributed by atoms with E-state index in [9.17, 15) is 27.9 Å². The number of hydrogen-bond acceptors (Lipinski definition) is 4. The molecule has 9 heteroatoms. The molecule has 1 heterocycles. The maximum atomic E-state index is 12.8. The van der Waals surface area contributed by atoms with Gasteiger partial charge < -0.3 is 15.4 Å². The molecule has 0 unspecified atom stereocenters. The van der Waals surface area contributed by atoms with Crippen LogP contribution in [-0.4, -0.2) is 16.0 Å². The van der Waals surface area contributed by atoms with Crippen molar-refractivity contribution in [3.8, 4) is 5.75 Å². The average Bonchev–Trinajstić information content (AvgIpc) is 2.80. The Morgan fingerprint density at radius 2 is 2.10 bits per heavy atom. The van der Waals surface area contributed by atoms with E-state index in [0.717, 1.165) is 23.5 Å². The summed E-state index contributed by atoms with van der Waals surface area (Å²) in [6.07, 6.45) is -4.71. The maximum Gasteiger partial charge on any atom is 0.417 e. The third kappa shape index (κ3) is 3.63. The zero-order chi connectivity index (χ0) is 15.6. The number of alkyl halides is 3. The minimum Gasteiger partial charge on any atom is -0.508 e. The minimum atomic E-state index is -4.71. The molecule has 1 aromatic heterocycles. The number of aromatic amines is 1. The molecular weight excluding hydrogens is 309 g/mol. The van der Waals surface area contributed by atoms with Crippen LogP contribution in [0.1, 0.15) is 21.6 Å². The van der Waals surface area contributed by atoms with Crippen molar-refractivity contribution in [3.05, 3.63) is 50.1 Å². The van der Waals surface area contributed by atoms with E-state index >= 15 is 0 Å². The van der Waals surface area contributed by atoms with Crippen molar-refractivity contribution in [2.45, 2.75) is 12.7 Å². The first-order valence-corrected chi connectivity index (χ1v) is 6.50. The van der Waals surface area contributed by atoms with Gasteiger partial charge in [0.1, 0.15) is 5.75 Å². The van der Waals surface area contributed by atoms with Crippen LogP contribution in [0, 0.1) is 0 Å². The summed E-state index contributed by atoms with van der Waals surface area (Å²) in [6.45, 7) is -0.121. The minimum absolute atomic E-state index is 0.121. The summed E-state index contributed by atoms with van der Waals surface area (Å²) in [5.74, 6) is -1.44. The van der Waals surface area contributed by atoms with Crippen molar-refractivity contribution in [3.63, 3.8) is 0 Å². The van der Waals surface area contributed by atoms with Crippen molar-refractivity contribution < 1.29 is 23.1 Å². The number of aromatic hydroxyl groups is 1. The maximum absolute atomic E-state index is 12.8. The smallest absolute Gasteiger partial charge is 0.417 e. The second-order valence-corrected chi connectivity index (χ2v) is 4.93. The number of H-pyrrole nitrogens is 1. The van der Waals surface area contributed by atoms with Gasteiger partial charge in [0.25, 0.3) is 5.91 Å². The van der Waals surface area contributed by atoms with E-state index in [1.165, 1.54) is 5.38 Å². The summed E-state index contributed by atoms with van der Waals surface area (Å²) in [5.41, 5.74) is -1.44. The summed E-state index contributed by atoms with van der Waals surface area (Å²) in [4.78, 5) is 24.8. The first kappa shape index (κ1) is 15.1. The van der Waals surface area contributed by atoms with Crippen molar-refractivity contribution in [2.75, 3.05) is 0 Å². The van der Waals surface area contributed by atoms with Gasteiger partial charge in [0, 0.05) is 11.1 Å². The number of carbonyl (C=O) groups is 1. The Hall–Kier alpha value is -2.29. The SMILES string of the molecule is O=C(NCc1csc(=O)[nH]1)c1cc(O)ccc1C(F)(F)F. The van der Waals surface area contributed by atoms with Gasteiger partial charge >= 0.3 is 11.0 Å². The van der Waals surface area contributed by atoms with Gasteiger partial charge in [0.15, 0.2) is 0 Å². The number of halogens is 3. The Morgan fingerprint density at radius 3 is 2.67 bits per heavy atom. The van der Waals surface area contributed by atoms with E-state index in [1.807, 2.05) is 0 Å². The average molecular weight is 318 g/mol. The van der Waals surface area contributed by atoms with Gasteiger partial charge in [-0.2, -0.15) is 13.2 Å². The molecule has 0 radical (unpaired) electrons. The second kappa shape index (κ2) is 5.60. The molecule has 3 N–H and O–H groups in total. The third-order valence-corrected chi connectivity index (χ3v) is 3.28. The Kier molecular flexibility index (Phi) is 4.03. The molecule has 0 aliphatic rings. The van der Waals surface area contributed by atoms with Crippen molar-refractivity contribution in [1.82, 2.24) is 10.3 Å². The number of rotatable bonds is 3.